The predicted molar refractivity (Wildman–Crippen MR) is 78.2 cm³/mol. The van der Waals surface area contributed by atoms with Crippen molar-refractivity contribution in [3.8, 4) is 0 Å². The highest BCUT2D eigenvalue weighted by Crippen LogP contribution is 2.34. The highest BCUT2D eigenvalue weighted by Gasteiger charge is 2.33. The van der Waals surface area contributed by atoms with Crippen LogP contribution in [0.15, 0.2) is 15.9 Å². The molecule has 1 unspecified atom stereocenters. The normalized spacial score (nSPS) is 25.8. The number of imidazole rings is 1. The molecule has 1 aliphatic carbocycles. The van der Waals surface area contributed by atoms with Gasteiger partial charge < -0.3 is 9.67 Å². The second-order valence-electron chi connectivity index (χ2n) is 6.39. The van der Waals surface area contributed by atoms with Gasteiger partial charge in [0.05, 0.1) is 11.9 Å². The number of nitrogens with zero attached hydrogens (tertiary/aromatic N) is 4. The predicted octanol–water partition coefficient (Wildman–Crippen LogP) is -0.0152. The summed E-state index contributed by atoms with van der Waals surface area (Å²) in [6.45, 7) is 2.15. The molecule has 0 saturated heterocycles. The molecular formula is C14H20N4O3. The Morgan fingerprint density at radius 3 is 2.76 bits per heavy atom. The molecule has 1 fully saturated rings. The number of aryl methyl sites for hydroxylation is 2. The number of fused-ring (bicyclic) bond motifs is 1. The molecule has 3 rings (SSSR count). The quantitative estimate of drug-likeness (QED) is 0.843. The van der Waals surface area contributed by atoms with Crippen LogP contribution in [0.25, 0.3) is 11.2 Å². The molecule has 0 aromatic carbocycles. The lowest BCUT2D eigenvalue weighted by Crippen LogP contribution is -2.41. The maximum absolute atomic E-state index is 12.6. The molecule has 2 aromatic heterocycles. The van der Waals surface area contributed by atoms with Crippen molar-refractivity contribution < 1.29 is 5.11 Å². The lowest BCUT2D eigenvalue weighted by molar-refractivity contribution is 0.0625. The second kappa shape index (κ2) is 4.56. The lowest BCUT2D eigenvalue weighted by Gasteiger charge is -2.17. The molecule has 2 atom stereocenters. The molecule has 2 aromatic rings. The van der Waals surface area contributed by atoms with E-state index in [4.69, 9.17) is 0 Å². The Morgan fingerprint density at radius 2 is 2.14 bits per heavy atom. The average Bonchev–Trinajstić information content (AvgIpc) is 2.95. The van der Waals surface area contributed by atoms with Crippen LogP contribution >= 0.6 is 0 Å². The van der Waals surface area contributed by atoms with E-state index in [9.17, 15) is 14.7 Å². The van der Waals surface area contributed by atoms with Crippen LogP contribution in [0.4, 0.5) is 0 Å². The summed E-state index contributed by atoms with van der Waals surface area (Å²) >= 11 is 0. The van der Waals surface area contributed by atoms with Crippen molar-refractivity contribution >= 4 is 11.2 Å². The van der Waals surface area contributed by atoms with Crippen LogP contribution in [0.5, 0.6) is 0 Å². The molecule has 0 bridgehead atoms. The third kappa shape index (κ3) is 2.21. The molecule has 0 spiro atoms. The van der Waals surface area contributed by atoms with E-state index in [0.717, 1.165) is 6.42 Å². The first-order valence-electron chi connectivity index (χ1n) is 7.13. The molecule has 0 amide bonds. The van der Waals surface area contributed by atoms with Crippen LogP contribution in [0.2, 0.25) is 0 Å². The zero-order valence-electron chi connectivity index (χ0n) is 12.5. The molecule has 21 heavy (non-hydrogen) atoms. The molecule has 2 heterocycles. The van der Waals surface area contributed by atoms with E-state index in [2.05, 4.69) is 4.98 Å². The molecule has 0 aliphatic heterocycles. The molecule has 1 saturated carbocycles. The summed E-state index contributed by atoms with van der Waals surface area (Å²) in [7, 11) is 3.37. The van der Waals surface area contributed by atoms with Gasteiger partial charge in [-0.1, -0.05) is 0 Å². The van der Waals surface area contributed by atoms with Gasteiger partial charge in [-0.25, -0.2) is 9.78 Å². The third-order valence-electron chi connectivity index (χ3n) is 4.46. The molecule has 1 aliphatic rings. The van der Waals surface area contributed by atoms with Gasteiger partial charge in [0.25, 0.3) is 5.56 Å². The Kier molecular flexibility index (Phi) is 3.05. The molecule has 0 radical (unpaired) electrons. The van der Waals surface area contributed by atoms with Crippen LogP contribution in [0, 0.1) is 5.92 Å². The monoisotopic (exact) mass is 292 g/mol. The van der Waals surface area contributed by atoms with Crippen LogP contribution < -0.4 is 11.2 Å². The smallest absolute Gasteiger partial charge is 0.332 e. The van der Waals surface area contributed by atoms with Gasteiger partial charge in [0.1, 0.15) is 0 Å². The number of aliphatic hydroxyl groups is 1. The minimum atomic E-state index is -0.684. The SMILES string of the molecule is Cn1cnc2c1c(=O)n(CC1CC[C@@](C)(O)C1)c(=O)n2C. The van der Waals surface area contributed by atoms with Gasteiger partial charge >= 0.3 is 5.69 Å². The van der Waals surface area contributed by atoms with E-state index in [0.29, 0.717) is 30.6 Å². The maximum Gasteiger partial charge on any atom is 0.332 e. The molecular weight excluding hydrogens is 272 g/mol. The zero-order chi connectivity index (χ0) is 15.4. The van der Waals surface area contributed by atoms with Gasteiger partial charge in [0.15, 0.2) is 11.2 Å². The van der Waals surface area contributed by atoms with Crippen molar-refractivity contribution in [1.82, 2.24) is 18.7 Å². The Balaban J connectivity index is 2.09. The zero-order valence-corrected chi connectivity index (χ0v) is 12.5. The molecule has 114 valence electrons. The van der Waals surface area contributed by atoms with E-state index in [1.807, 2.05) is 0 Å². The summed E-state index contributed by atoms with van der Waals surface area (Å²) in [4.78, 5) is 29.0. The van der Waals surface area contributed by atoms with Gasteiger partial charge in [-0.3, -0.25) is 13.9 Å². The fourth-order valence-electron chi connectivity index (χ4n) is 3.31. The van der Waals surface area contributed by atoms with Crippen molar-refractivity contribution in [2.75, 3.05) is 0 Å². The Labute approximate surface area is 121 Å². The van der Waals surface area contributed by atoms with Crippen LogP contribution in [0.1, 0.15) is 26.2 Å². The summed E-state index contributed by atoms with van der Waals surface area (Å²) in [5.74, 6) is 0.149. The van der Waals surface area contributed by atoms with Crippen molar-refractivity contribution in [3.05, 3.63) is 27.2 Å². The molecule has 7 nitrogen and oxygen atoms in total. The van der Waals surface area contributed by atoms with Crippen LogP contribution in [-0.4, -0.2) is 29.4 Å². The highest BCUT2D eigenvalue weighted by atomic mass is 16.3. The first-order chi connectivity index (χ1) is 9.80. The largest absolute Gasteiger partial charge is 0.390 e. The number of hydrogen-bond acceptors (Lipinski definition) is 4. The fourth-order valence-corrected chi connectivity index (χ4v) is 3.31. The number of aromatic nitrogens is 4. The highest BCUT2D eigenvalue weighted by molar-refractivity contribution is 5.69. The lowest BCUT2D eigenvalue weighted by atomic mass is 10.0. The minimum absolute atomic E-state index is 0.149. The summed E-state index contributed by atoms with van der Waals surface area (Å²) < 4.78 is 4.32. The van der Waals surface area contributed by atoms with Crippen LogP contribution in [-0.2, 0) is 20.6 Å². The van der Waals surface area contributed by atoms with Gasteiger partial charge in [0.2, 0.25) is 0 Å². The van der Waals surface area contributed by atoms with Crippen molar-refractivity contribution in [3.63, 3.8) is 0 Å². The van der Waals surface area contributed by atoms with Crippen molar-refractivity contribution in [2.45, 2.75) is 38.3 Å². The Bertz CT molecular complexity index is 812. The van der Waals surface area contributed by atoms with E-state index in [1.165, 1.54) is 15.5 Å². The summed E-state index contributed by atoms with van der Waals surface area (Å²) in [6.07, 6.45) is 3.69. The third-order valence-corrected chi connectivity index (χ3v) is 4.46. The van der Waals surface area contributed by atoms with Crippen molar-refractivity contribution in [1.29, 1.82) is 0 Å². The summed E-state index contributed by atoms with van der Waals surface area (Å²) in [5.41, 5.74) is -0.503. The van der Waals surface area contributed by atoms with Gasteiger partial charge in [0, 0.05) is 20.6 Å². The first-order valence-corrected chi connectivity index (χ1v) is 7.13. The summed E-state index contributed by atoms with van der Waals surface area (Å²) in [6, 6.07) is 0. The van der Waals surface area contributed by atoms with E-state index in [1.54, 1.807) is 25.6 Å². The van der Waals surface area contributed by atoms with Gasteiger partial charge in [-0.2, -0.15) is 0 Å². The minimum Gasteiger partial charge on any atom is -0.390 e. The number of hydrogen-bond donors (Lipinski definition) is 1. The van der Waals surface area contributed by atoms with E-state index >= 15 is 0 Å². The second-order valence-corrected chi connectivity index (χ2v) is 6.39. The van der Waals surface area contributed by atoms with Gasteiger partial charge in [-0.15, -0.1) is 0 Å². The van der Waals surface area contributed by atoms with Gasteiger partial charge in [-0.05, 0) is 32.1 Å². The average molecular weight is 292 g/mol. The summed E-state index contributed by atoms with van der Waals surface area (Å²) in [5, 5.41) is 10.0. The number of rotatable bonds is 2. The van der Waals surface area contributed by atoms with E-state index in [-0.39, 0.29) is 17.2 Å². The fraction of sp³-hybridized carbons (Fsp3) is 0.643. The first kappa shape index (κ1) is 14.1. The van der Waals surface area contributed by atoms with Crippen molar-refractivity contribution in [2.24, 2.45) is 20.0 Å². The Hall–Kier alpha value is -1.89. The topological polar surface area (TPSA) is 82.1 Å². The molecule has 1 N–H and O–H groups in total. The Morgan fingerprint density at radius 1 is 1.43 bits per heavy atom. The molecule has 7 heteroatoms. The maximum atomic E-state index is 12.6. The van der Waals surface area contributed by atoms with Crippen LogP contribution in [0.3, 0.4) is 0 Å². The van der Waals surface area contributed by atoms with E-state index < -0.39 is 5.60 Å². The standard InChI is InChI=1S/C14H20N4O3/c1-14(21)5-4-9(6-14)7-18-12(19)10-11(15-8-16(10)2)17(3)13(18)20/h8-9,21H,4-7H2,1-3H3/t9?,14-/m1/s1.